The normalized spacial score (nSPS) is 38.9. The van der Waals surface area contributed by atoms with Gasteiger partial charge < -0.3 is 69.0 Å². The molecule has 424 valence electrons. The molecule has 3 fully saturated rings. The molecule has 1 aromatic carbocycles. The number of imidazole rings is 1. The van der Waals surface area contributed by atoms with Crippen molar-refractivity contribution < 1.29 is 71.5 Å². The lowest BCUT2D eigenvalue weighted by Gasteiger charge is -2.53. The van der Waals surface area contributed by atoms with Crippen LogP contribution in [0.25, 0.3) is 5.65 Å². The number of carbonyl (C=O) groups excluding carboxylic acids is 1. The molecule has 21 heteroatoms. The number of aromatic nitrogens is 2. The Labute approximate surface area is 444 Å². The van der Waals surface area contributed by atoms with E-state index in [1.54, 1.807) is 111 Å². The van der Waals surface area contributed by atoms with Crippen molar-refractivity contribution in [3.63, 3.8) is 0 Å². The number of cyclic esters (lactones) is 1. The van der Waals surface area contributed by atoms with Gasteiger partial charge in [-0.15, -0.1) is 0 Å². The van der Waals surface area contributed by atoms with Gasteiger partial charge in [-0.05, 0) is 130 Å². The van der Waals surface area contributed by atoms with Gasteiger partial charge in [0, 0.05) is 45.3 Å². The summed E-state index contributed by atoms with van der Waals surface area (Å²) in [5.41, 5.74) is -5.96. The minimum Gasteiger partial charge on any atom is -0.497 e. The summed E-state index contributed by atoms with van der Waals surface area (Å²) in [6.45, 7) is 20.3. The standard InChI is InChI=1S/C54H87N5O15S/c1-15-24-55-31-54(64)37(8)70-44(28-52(54,10)68-14)73-45-34(5)48(51(9,62)27-32(3)29-56-36(7)47(60)53(11,63)41(16-2)72-49(61)35(45)6)74-50-46(71-39-22-20-38(67-13)21-23-39)40(26-33(4)69-50)58(12)75(65,66)43-30-57-42-19-17-18-25-59(42)43/h17-23,25,30,32-37,40-41,44-48,50,55-56,60,62-64H,15-16,24,26-29,31H2,1-14H3/t32-,33-,34+,35-,36-,37+,40+,41-,44?,45+,46-,47-,48-,50+,51-,52-,53-,54+/m1/s1. The average Bonchev–Trinajstić information content (AvgIpc) is 3.82. The highest BCUT2D eigenvalue weighted by molar-refractivity contribution is 7.89. The number of aliphatic hydroxyl groups excluding tert-OH is 1. The molecule has 0 radical (unpaired) electrons. The van der Waals surface area contributed by atoms with Crippen molar-refractivity contribution in [3.05, 3.63) is 54.9 Å². The Balaban J connectivity index is 1.48. The van der Waals surface area contributed by atoms with Crippen LogP contribution in [0.3, 0.4) is 0 Å². The molecule has 18 atom stereocenters. The molecule has 3 aliphatic heterocycles. The second kappa shape index (κ2) is 24.6. The summed E-state index contributed by atoms with van der Waals surface area (Å²) in [4.78, 5) is 19.2. The van der Waals surface area contributed by atoms with E-state index in [9.17, 15) is 33.6 Å². The Bertz CT molecular complexity index is 2430. The van der Waals surface area contributed by atoms with E-state index >= 15 is 0 Å². The number of carbonyl (C=O) groups is 1. The Hall–Kier alpha value is -3.55. The van der Waals surface area contributed by atoms with Crippen molar-refractivity contribution in [2.24, 2.45) is 17.8 Å². The summed E-state index contributed by atoms with van der Waals surface area (Å²) in [6.07, 6.45) is -5.93. The maximum absolute atomic E-state index is 14.8. The zero-order valence-corrected chi connectivity index (χ0v) is 47.3. The number of likely N-dealkylation sites (N-methyl/N-ethyl adjacent to an activating group) is 1. The van der Waals surface area contributed by atoms with Gasteiger partial charge >= 0.3 is 5.97 Å². The van der Waals surface area contributed by atoms with E-state index in [1.165, 1.54) is 36.0 Å². The molecule has 0 amide bonds. The summed E-state index contributed by atoms with van der Waals surface area (Å²) in [5.74, 6) is -2.25. The summed E-state index contributed by atoms with van der Waals surface area (Å²) in [7, 11) is 0.241. The minimum absolute atomic E-state index is 0.0140. The van der Waals surface area contributed by atoms with Gasteiger partial charge in [-0.25, -0.2) is 13.4 Å². The van der Waals surface area contributed by atoms with Gasteiger partial charge in [0.05, 0.1) is 55.3 Å². The Kier molecular flexibility index (Phi) is 19.9. The summed E-state index contributed by atoms with van der Waals surface area (Å²) in [5, 5.41) is 55.5. The van der Waals surface area contributed by atoms with Crippen molar-refractivity contribution >= 4 is 21.6 Å². The molecule has 3 saturated heterocycles. The molecule has 0 bridgehead atoms. The quantitative estimate of drug-likeness (QED) is 0.0858. The van der Waals surface area contributed by atoms with Gasteiger partial charge in [-0.2, -0.15) is 4.31 Å². The molecule has 6 N–H and O–H groups in total. The van der Waals surface area contributed by atoms with Crippen molar-refractivity contribution in [2.75, 3.05) is 40.9 Å². The number of pyridine rings is 1. The van der Waals surface area contributed by atoms with Crippen molar-refractivity contribution in [1.29, 1.82) is 0 Å². The number of ether oxygens (including phenoxy) is 8. The summed E-state index contributed by atoms with van der Waals surface area (Å²) >= 11 is 0. The third-order valence-electron chi connectivity index (χ3n) is 16.2. The molecule has 0 aliphatic carbocycles. The van der Waals surface area contributed by atoms with E-state index in [0.29, 0.717) is 23.7 Å². The van der Waals surface area contributed by atoms with Crippen LogP contribution in [-0.2, 0) is 43.2 Å². The van der Waals surface area contributed by atoms with E-state index in [-0.39, 0.29) is 49.7 Å². The molecule has 0 spiro atoms. The lowest BCUT2D eigenvalue weighted by Crippen LogP contribution is -2.70. The molecule has 5 heterocycles. The minimum atomic E-state index is -4.30. The van der Waals surface area contributed by atoms with Crippen LogP contribution in [0, 0.1) is 17.8 Å². The van der Waals surface area contributed by atoms with Crippen LogP contribution in [0.5, 0.6) is 11.5 Å². The summed E-state index contributed by atoms with van der Waals surface area (Å²) in [6, 6.07) is 10.4. The fourth-order valence-electron chi connectivity index (χ4n) is 11.4. The topological polar surface area (TPSA) is 251 Å². The number of methoxy groups -OCH3 is 2. The SMILES string of the molecule is CCCNC[C@]1(O)[C@H](C)OC(O[C@H]2[C@H](C)[C@@H](O[C@@H]3O[C@H](C)C[C@H](N(C)S(=O)(=O)c4cnc5ccccn45)[C@H]3Oc3ccc(OC)cc3)[C@](C)(O)C[C@@H](C)CN[C@H](C)[C@@H](O)[C@](C)(O)[C@@H](CC)OC(=O)[C@@H]2C)C[C@@]1(C)OC. The average molecular weight is 1080 g/mol. The molecule has 0 saturated carbocycles. The molecule has 6 rings (SSSR count). The van der Waals surface area contributed by atoms with E-state index in [2.05, 4.69) is 15.6 Å². The molecule has 20 nitrogen and oxygen atoms in total. The number of rotatable bonds is 16. The fourth-order valence-corrected chi connectivity index (χ4v) is 12.9. The highest BCUT2D eigenvalue weighted by Crippen LogP contribution is 2.44. The lowest BCUT2D eigenvalue weighted by molar-refractivity contribution is -0.335. The molecule has 3 aromatic rings. The number of sulfonamides is 1. The lowest BCUT2D eigenvalue weighted by atomic mass is 9.75. The van der Waals surface area contributed by atoms with E-state index in [0.717, 1.165) is 6.42 Å². The first-order valence-corrected chi connectivity index (χ1v) is 28.0. The fraction of sp³-hybridized carbons (Fsp3) is 0.741. The van der Waals surface area contributed by atoms with Gasteiger partial charge in [-0.3, -0.25) is 9.20 Å². The van der Waals surface area contributed by atoms with Crippen LogP contribution in [0.2, 0.25) is 0 Å². The number of benzene rings is 1. The third kappa shape index (κ3) is 13.0. The zero-order valence-electron chi connectivity index (χ0n) is 46.5. The first-order valence-electron chi connectivity index (χ1n) is 26.6. The molecule has 2 aromatic heterocycles. The number of esters is 1. The van der Waals surface area contributed by atoms with Crippen LogP contribution >= 0.6 is 0 Å². The van der Waals surface area contributed by atoms with Crippen LogP contribution in [-0.4, -0.2) is 179 Å². The van der Waals surface area contributed by atoms with Crippen LogP contribution in [0.15, 0.2) is 59.9 Å². The Morgan fingerprint density at radius 1 is 0.933 bits per heavy atom. The summed E-state index contributed by atoms with van der Waals surface area (Å²) < 4.78 is 84.4. The number of nitrogens with one attached hydrogen (secondary N) is 2. The first kappa shape index (κ1) is 60.7. The Morgan fingerprint density at radius 3 is 2.25 bits per heavy atom. The number of hydrogen-bond acceptors (Lipinski definition) is 18. The smallest absolute Gasteiger partial charge is 0.311 e. The van der Waals surface area contributed by atoms with Gasteiger partial charge in [0.2, 0.25) is 0 Å². The number of fused-ring (bicyclic) bond motifs is 1. The molecule has 3 aliphatic rings. The van der Waals surface area contributed by atoms with E-state index in [1.807, 2.05) is 13.8 Å². The highest BCUT2D eigenvalue weighted by Gasteiger charge is 2.59. The van der Waals surface area contributed by atoms with Crippen LogP contribution in [0.4, 0.5) is 0 Å². The predicted octanol–water partition coefficient (Wildman–Crippen LogP) is 4.43. The molecular weight excluding hydrogens is 991 g/mol. The van der Waals surface area contributed by atoms with Crippen molar-refractivity contribution in [3.8, 4) is 11.5 Å². The van der Waals surface area contributed by atoms with Gasteiger partial charge in [-0.1, -0.05) is 33.8 Å². The zero-order chi connectivity index (χ0) is 55.4. The number of nitrogens with zero attached hydrogens (tertiary/aromatic N) is 3. The maximum atomic E-state index is 14.8. The van der Waals surface area contributed by atoms with Crippen molar-refractivity contribution in [2.45, 2.75) is 203 Å². The number of hydrogen-bond donors (Lipinski definition) is 6. The number of aliphatic hydroxyl groups is 4. The third-order valence-corrected chi connectivity index (χ3v) is 18.0. The maximum Gasteiger partial charge on any atom is 0.311 e. The van der Waals surface area contributed by atoms with Crippen molar-refractivity contribution in [1.82, 2.24) is 24.3 Å². The predicted molar refractivity (Wildman–Crippen MR) is 280 cm³/mol. The van der Waals surface area contributed by atoms with Gasteiger partial charge in [0.15, 0.2) is 23.7 Å². The molecule has 1 unspecified atom stereocenters. The van der Waals surface area contributed by atoms with E-state index < -0.39 is 118 Å². The molecular formula is C54H87N5O15S. The second-order valence-electron chi connectivity index (χ2n) is 22.0. The molecule has 75 heavy (non-hydrogen) atoms. The van der Waals surface area contributed by atoms with Crippen LogP contribution in [0.1, 0.15) is 108 Å². The van der Waals surface area contributed by atoms with Gasteiger partial charge in [0.25, 0.3) is 10.0 Å². The monoisotopic (exact) mass is 1080 g/mol. The van der Waals surface area contributed by atoms with Crippen LogP contribution < -0.4 is 20.1 Å². The van der Waals surface area contributed by atoms with Gasteiger partial charge in [0.1, 0.15) is 46.2 Å². The first-order chi connectivity index (χ1) is 35.2. The Morgan fingerprint density at radius 2 is 1.61 bits per heavy atom. The highest BCUT2D eigenvalue weighted by atomic mass is 32.2. The van der Waals surface area contributed by atoms with E-state index in [4.69, 9.17) is 37.9 Å². The largest absolute Gasteiger partial charge is 0.497 e. The second-order valence-corrected chi connectivity index (χ2v) is 24.0.